The Morgan fingerprint density at radius 1 is 1.22 bits per heavy atom. The van der Waals surface area contributed by atoms with Crippen molar-refractivity contribution in [1.29, 1.82) is 0 Å². The number of carbonyl (C=O) groups is 3. The summed E-state index contributed by atoms with van der Waals surface area (Å²) in [4.78, 5) is 42.7. The van der Waals surface area contributed by atoms with Crippen LogP contribution < -0.4 is 5.32 Å². The molecule has 8 nitrogen and oxygen atoms in total. The number of benzene rings is 1. The number of nitrogens with zero attached hydrogens (tertiary/aromatic N) is 1. The van der Waals surface area contributed by atoms with Crippen molar-refractivity contribution in [2.75, 3.05) is 25.1 Å². The molecule has 2 N–H and O–H groups in total. The minimum atomic E-state index is -1.07. The molecule has 3 saturated heterocycles. The van der Waals surface area contributed by atoms with Crippen LogP contribution in [0.4, 0.5) is 5.69 Å². The second-order valence-corrected chi connectivity index (χ2v) is 10.9. The van der Waals surface area contributed by atoms with Gasteiger partial charge in [0.25, 0.3) is 0 Å². The van der Waals surface area contributed by atoms with Crippen LogP contribution in [-0.4, -0.2) is 64.8 Å². The summed E-state index contributed by atoms with van der Waals surface area (Å²) in [6.07, 6.45) is 3.63. The van der Waals surface area contributed by atoms with Gasteiger partial charge in [-0.2, -0.15) is 0 Å². The first-order chi connectivity index (χ1) is 17.1. The lowest BCUT2D eigenvalue weighted by molar-refractivity contribution is -0.160. The Bertz CT molecular complexity index is 1030. The largest absolute Gasteiger partial charge is 0.466 e. The van der Waals surface area contributed by atoms with Gasteiger partial charge in [-0.3, -0.25) is 14.4 Å². The minimum absolute atomic E-state index is 0.0172. The number of nitrogens with one attached hydrogen (secondary N) is 1. The zero-order valence-corrected chi connectivity index (χ0v) is 22.1. The first-order valence-electron chi connectivity index (χ1n) is 13.3. The van der Waals surface area contributed by atoms with Gasteiger partial charge in [-0.15, -0.1) is 0 Å². The minimum Gasteiger partial charge on any atom is -0.466 e. The zero-order valence-electron chi connectivity index (χ0n) is 22.1. The number of hydrogen-bond acceptors (Lipinski definition) is 6. The topological polar surface area (TPSA) is 105 Å². The predicted octanol–water partition coefficient (Wildman–Crippen LogP) is 3.37. The molecule has 0 aromatic heterocycles. The number of carbonyl (C=O) groups excluding carboxylic acids is 3. The van der Waals surface area contributed by atoms with E-state index in [1.54, 1.807) is 11.8 Å². The van der Waals surface area contributed by atoms with Crippen LogP contribution in [0.5, 0.6) is 0 Å². The molecule has 0 radical (unpaired) electrons. The molecular weight excluding hydrogens is 460 g/mol. The van der Waals surface area contributed by atoms with Gasteiger partial charge in [0.15, 0.2) is 0 Å². The fraction of sp³-hybridized carbons (Fsp3) is 0.679. The number of esters is 1. The molecule has 3 fully saturated rings. The molecule has 3 aliphatic rings. The molecule has 0 saturated carbocycles. The first-order valence-corrected chi connectivity index (χ1v) is 13.3. The Morgan fingerprint density at radius 2 is 1.94 bits per heavy atom. The van der Waals surface area contributed by atoms with Crippen LogP contribution in [0.1, 0.15) is 64.0 Å². The van der Waals surface area contributed by atoms with Crippen LogP contribution >= 0.6 is 0 Å². The monoisotopic (exact) mass is 500 g/mol. The third kappa shape index (κ3) is 4.22. The number of ether oxygens (including phenoxy) is 2. The van der Waals surface area contributed by atoms with E-state index < -0.39 is 35.0 Å². The number of fused-ring (bicyclic) bond motifs is 1. The summed E-state index contributed by atoms with van der Waals surface area (Å²) in [5.74, 6) is -2.42. The maximum atomic E-state index is 14.0. The summed E-state index contributed by atoms with van der Waals surface area (Å²) >= 11 is 0. The molecule has 2 bridgehead atoms. The van der Waals surface area contributed by atoms with E-state index in [9.17, 15) is 14.4 Å². The van der Waals surface area contributed by atoms with Crippen molar-refractivity contribution >= 4 is 23.5 Å². The molecule has 4 rings (SSSR count). The van der Waals surface area contributed by atoms with Gasteiger partial charge in [0.1, 0.15) is 17.6 Å². The van der Waals surface area contributed by atoms with Gasteiger partial charge in [-0.25, -0.2) is 0 Å². The summed E-state index contributed by atoms with van der Waals surface area (Å²) < 4.78 is 12.1. The van der Waals surface area contributed by atoms with Crippen molar-refractivity contribution < 1.29 is 29.0 Å². The highest BCUT2D eigenvalue weighted by atomic mass is 16.6. The Balaban J connectivity index is 1.70. The van der Waals surface area contributed by atoms with Crippen molar-refractivity contribution in [1.82, 2.24) is 4.90 Å². The third-order valence-electron chi connectivity index (χ3n) is 8.56. The maximum absolute atomic E-state index is 14.0. The number of aryl methyl sites for hydroxylation is 2. The summed E-state index contributed by atoms with van der Waals surface area (Å²) in [6, 6.07) is 5.04. The van der Waals surface area contributed by atoms with Gasteiger partial charge < -0.3 is 24.8 Å². The van der Waals surface area contributed by atoms with E-state index in [1.165, 1.54) is 0 Å². The van der Waals surface area contributed by atoms with E-state index in [2.05, 4.69) is 5.32 Å². The van der Waals surface area contributed by atoms with Gasteiger partial charge in [-0.1, -0.05) is 31.9 Å². The third-order valence-corrected chi connectivity index (χ3v) is 8.56. The molecule has 2 amide bonds. The molecular formula is C28H40N2O6. The number of likely N-dealkylation sites (tertiary alicyclic amines) is 1. The van der Waals surface area contributed by atoms with Crippen molar-refractivity contribution in [3.05, 3.63) is 29.3 Å². The highest BCUT2D eigenvalue weighted by Crippen LogP contribution is 2.65. The second-order valence-electron chi connectivity index (χ2n) is 10.9. The molecule has 1 aromatic carbocycles. The molecule has 3 unspecified atom stereocenters. The summed E-state index contributed by atoms with van der Waals surface area (Å²) in [7, 11) is 0. The summed E-state index contributed by atoms with van der Waals surface area (Å²) in [5, 5.41) is 12.2. The van der Waals surface area contributed by atoms with Crippen molar-refractivity contribution in [3.8, 4) is 0 Å². The molecule has 0 aliphatic carbocycles. The molecule has 198 valence electrons. The number of unbranched alkanes of at least 4 members (excludes halogenated alkanes) is 3. The van der Waals surface area contributed by atoms with Gasteiger partial charge in [0.2, 0.25) is 11.8 Å². The SMILES string of the molecule is CCOC(=O)[C@H]1[C@H]2C(=O)N(CCCCCCO)C(C(=O)Nc3cc(C)ccc3C)C23CC(C)[C@]1(C)O3. The number of anilines is 1. The van der Waals surface area contributed by atoms with Crippen molar-refractivity contribution in [3.63, 3.8) is 0 Å². The van der Waals surface area contributed by atoms with Crippen LogP contribution in [0, 0.1) is 31.6 Å². The quantitative estimate of drug-likeness (QED) is 0.377. The van der Waals surface area contributed by atoms with Crippen LogP contribution in [0.15, 0.2) is 18.2 Å². The molecule has 8 heteroatoms. The molecule has 6 atom stereocenters. The highest BCUT2D eigenvalue weighted by Gasteiger charge is 2.80. The van der Waals surface area contributed by atoms with Gasteiger partial charge >= 0.3 is 5.97 Å². The Kier molecular flexibility index (Phi) is 7.49. The van der Waals surface area contributed by atoms with Crippen molar-refractivity contribution in [2.24, 2.45) is 17.8 Å². The standard InChI is InChI=1S/C28H40N2O6/c1-6-35-26(34)22-21-25(33)30(13-9-7-8-10-14-31)23(28(21)16-19(4)27(22,5)36-28)24(32)29-20-15-17(2)11-12-18(20)3/h11-12,15,19,21-23,31H,6-10,13-14,16H2,1-5H3,(H,29,32)/t19?,21-,22+,23?,27-,28?/m0/s1. The Labute approximate surface area is 213 Å². The number of rotatable bonds is 10. The first kappa shape index (κ1) is 26.6. The van der Waals surface area contributed by atoms with E-state index in [0.29, 0.717) is 31.5 Å². The lowest BCUT2D eigenvalue weighted by atomic mass is 9.62. The average Bonchev–Trinajstić information content (AvgIpc) is 3.33. The Morgan fingerprint density at radius 3 is 2.64 bits per heavy atom. The molecule has 1 spiro atoms. The van der Waals surface area contributed by atoms with Crippen LogP contribution in [0.25, 0.3) is 0 Å². The van der Waals surface area contributed by atoms with E-state index in [-0.39, 0.29) is 30.9 Å². The number of amides is 2. The zero-order chi connectivity index (χ0) is 26.3. The fourth-order valence-electron chi connectivity index (χ4n) is 6.69. The van der Waals surface area contributed by atoms with E-state index in [4.69, 9.17) is 14.6 Å². The number of hydrogen-bond donors (Lipinski definition) is 2. The fourth-order valence-corrected chi connectivity index (χ4v) is 6.69. The molecule has 3 heterocycles. The van der Waals surface area contributed by atoms with E-state index in [1.807, 2.05) is 45.9 Å². The highest BCUT2D eigenvalue weighted by molar-refractivity contribution is 6.03. The molecule has 36 heavy (non-hydrogen) atoms. The van der Waals surface area contributed by atoms with Gasteiger partial charge in [0.05, 0.1) is 18.1 Å². The lowest BCUT2D eigenvalue weighted by Crippen LogP contribution is -2.54. The number of aliphatic hydroxyl groups excluding tert-OH is 1. The van der Waals surface area contributed by atoms with Gasteiger partial charge in [0, 0.05) is 18.8 Å². The Hall–Kier alpha value is -2.45. The molecule has 1 aromatic rings. The summed E-state index contributed by atoms with van der Waals surface area (Å²) in [6.45, 7) is 10.3. The second kappa shape index (κ2) is 10.1. The van der Waals surface area contributed by atoms with E-state index >= 15 is 0 Å². The number of aliphatic hydroxyl groups is 1. The lowest BCUT2D eigenvalue weighted by Gasteiger charge is -2.35. The van der Waals surface area contributed by atoms with Crippen LogP contribution in [-0.2, 0) is 23.9 Å². The van der Waals surface area contributed by atoms with Crippen LogP contribution in [0.2, 0.25) is 0 Å². The van der Waals surface area contributed by atoms with Crippen molar-refractivity contribution in [2.45, 2.75) is 84.0 Å². The maximum Gasteiger partial charge on any atom is 0.312 e. The smallest absolute Gasteiger partial charge is 0.312 e. The average molecular weight is 501 g/mol. The summed E-state index contributed by atoms with van der Waals surface area (Å²) in [5.41, 5.74) is 0.734. The van der Waals surface area contributed by atoms with Crippen LogP contribution in [0.3, 0.4) is 0 Å². The van der Waals surface area contributed by atoms with Gasteiger partial charge in [-0.05, 0) is 70.1 Å². The molecule has 3 aliphatic heterocycles. The predicted molar refractivity (Wildman–Crippen MR) is 135 cm³/mol. The normalized spacial score (nSPS) is 32.6. The van der Waals surface area contributed by atoms with E-state index in [0.717, 1.165) is 24.0 Å².